The van der Waals surface area contributed by atoms with E-state index >= 15 is 0 Å². The summed E-state index contributed by atoms with van der Waals surface area (Å²) in [6.07, 6.45) is 0. The summed E-state index contributed by atoms with van der Waals surface area (Å²) in [5.41, 5.74) is 0.420. The summed E-state index contributed by atoms with van der Waals surface area (Å²) in [6.45, 7) is 1.63. The SMILES string of the molecule is [2H]c1cc2c([2H])c([C@H](C)C(=O)OC)cc([2H])c2cc1OC. The zero-order valence-electron chi connectivity index (χ0n) is 13.5. The van der Waals surface area contributed by atoms with E-state index in [9.17, 15) is 4.79 Å². The molecule has 0 bridgehead atoms. The Hall–Kier alpha value is -2.03. The Morgan fingerprint density at radius 2 is 2.06 bits per heavy atom. The first-order chi connectivity index (χ1) is 9.90. The minimum absolute atomic E-state index is 0.134. The number of carbonyl (C=O) groups is 1. The fourth-order valence-corrected chi connectivity index (χ4v) is 1.70. The van der Waals surface area contributed by atoms with E-state index in [0.29, 0.717) is 22.1 Å². The van der Waals surface area contributed by atoms with Crippen molar-refractivity contribution in [3.8, 4) is 5.75 Å². The van der Waals surface area contributed by atoms with E-state index in [0.717, 1.165) is 0 Å². The van der Waals surface area contributed by atoms with E-state index in [2.05, 4.69) is 0 Å². The summed E-state index contributed by atoms with van der Waals surface area (Å²) >= 11 is 0. The normalized spacial score (nSPS) is 14.5. The van der Waals surface area contributed by atoms with E-state index in [1.807, 2.05) is 0 Å². The van der Waals surface area contributed by atoms with Crippen molar-refractivity contribution in [2.75, 3.05) is 14.2 Å². The van der Waals surface area contributed by atoms with Crippen LogP contribution in [0.3, 0.4) is 0 Å². The third kappa shape index (κ3) is 2.30. The highest BCUT2D eigenvalue weighted by Gasteiger charge is 2.15. The lowest BCUT2D eigenvalue weighted by Gasteiger charge is -2.10. The fraction of sp³-hybridized carbons (Fsp3) is 0.267. The maximum absolute atomic E-state index is 11.7. The first-order valence-electron chi connectivity index (χ1n) is 7.07. The van der Waals surface area contributed by atoms with Crippen molar-refractivity contribution in [2.45, 2.75) is 12.8 Å². The van der Waals surface area contributed by atoms with Crippen molar-refractivity contribution in [2.24, 2.45) is 0 Å². The van der Waals surface area contributed by atoms with Gasteiger partial charge in [-0.15, -0.1) is 0 Å². The van der Waals surface area contributed by atoms with Crippen molar-refractivity contribution >= 4 is 16.7 Å². The van der Waals surface area contributed by atoms with Gasteiger partial charge in [-0.25, -0.2) is 0 Å². The lowest BCUT2D eigenvalue weighted by molar-refractivity contribution is -0.141. The van der Waals surface area contributed by atoms with Crippen LogP contribution in [0.2, 0.25) is 0 Å². The topological polar surface area (TPSA) is 35.5 Å². The van der Waals surface area contributed by atoms with Crippen molar-refractivity contribution in [1.82, 2.24) is 0 Å². The minimum atomic E-state index is -0.632. The first kappa shape index (κ1) is 8.97. The number of carbonyl (C=O) groups excluding carboxylic acids is 1. The van der Waals surface area contributed by atoms with Crippen molar-refractivity contribution in [1.29, 1.82) is 0 Å². The average Bonchev–Trinajstić information content (AvgIpc) is 2.48. The van der Waals surface area contributed by atoms with Crippen LogP contribution in [0.4, 0.5) is 0 Å². The lowest BCUT2D eigenvalue weighted by atomic mass is 9.98. The second kappa shape index (κ2) is 5.08. The Labute approximate surface area is 111 Å². The molecule has 0 aliphatic rings. The largest absolute Gasteiger partial charge is 0.497 e. The number of fused-ring (bicyclic) bond motifs is 1. The highest BCUT2D eigenvalue weighted by Crippen LogP contribution is 2.25. The minimum Gasteiger partial charge on any atom is -0.497 e. The molecule has 0 aliphatic heterocycles. The maximum atomic E-state index is 11.7. The monoisotopic (exact) mass is 247 g/mol. The summed E-state index contributed by atoms with van der Waals surface area (Å²) in [4.78, 5) is 11.7. The molecule has 0 aromatic heterocycles. The highest BCUT2D eigenvalue weighted by molar-refractivity contribution is 5.86. The number of ether oxygens (including phenoxy) is 2. The Morgan fingerprint density at radius 1 is 1.28 bits per heavy atom. The van der Waals surface area contributed by atoms with Gasteiger partial charge in [-0.2, -0.15) is 0 Å². The predicted octanol–water partition coefficient (Wildman–Crippen LogP) is 3.12. The molecular formula is C15H16O3. The van der Waals surface area contributed by atoms with Gasteiger partial charge in [0.15, 0.2) is 0 Å². The Morgan fingerprint density at radius 3 is 2.72 bits per heavy atom. The van der Waals surface area contributed by atoms with Crippen LogP contribution in [0.5, 0.6) is 5.75 Å². The van der Waals surface area contributed by atoms with E-state index in [1.165, 1.54) is 26.4 Å². The van der Waals surface area contributed by atoms with Crippen LogP contribution in [0.1, 0.15) is 22.5 Å². The summed E-state index contributed by atoms with van der Waals surface area (Å²) in [7, 11) is 2.75. The standard InChI is InChI=1S/C15H16O3/c1-10(15(16)18-3)11-4-5-13-9-14(17-2)7-6-12(13)8-11/h4-10H,1-3H3/t10-/m0/s1/i5D,7D,8D. The van der Waals surface area contributed by atoms with Gasteiger partial charge < -0.3 is 9.47 Å². The van der Waals surface area contributed by atoms with Crippen molar-refractivity contribution in [3.63, 3.8) is 0 Å². The third-order valence-corrected chi connectivity index (χ3v) is 2.83. The quantitative estimate of drug-likeness (QED) is 0.782. The number of benzene rings is 2. The van der Waals surface area contributed by atoms with E-state index < -0.39 is 11.9 Å². The number of hydrogen-bond acceptors (Lipinski definition) is 3. The van der Waals surface area contributed by atoms with Crippen molar-refractivity contribution in [3.05, 3.63) is 41.9 Å². The molecule has 0 N–H and O–H groups in total. The molecule has 0 fully saturated rings. The molecule has 18 heavy (non-hydrogen) atoms. The second-order valence-electron chi connectivity index (χ2n) is 3.94. The molecule has 2 rings (SSSR count). The van der Waals surface area contributed by atoms with Gasteiger partial charge in [0.2, 0.25) is 0 Å². The van der Waals surface area contributed by atoms with Gasteiger partial charge in [0.05, 0.1) is 24.2 Å². The van der Waals surface area contributed by atoms with Crippen molar-refractivity contribution < 1.29 is 18.4 Å². The molecule has 94 valence electrons. The maximum Gasteiger partial charge on any atom is 0.312 e. The zero-order chi connectivity index (χ0) is 15.7. The van der Waals surface area contributed by atoms with Crippen LogP contribution in [0.25, 0.3) is 10.8 Å². The fourth-order valence-electron chi connectivity index (χ4n) is 1.70. The number of methoxy groups -OCH3 is 2. The summed E-state index contributed by atoms with van der Waals surface area (Å²) in [5.74, 6) is -0.738. The van der Waals surface area contributed by atoms with Crippen LogP contribution >= 0.6 is 0 Å². The molecule has 0 aliphatic carbocycles. The summed E-state index contributed by atoms with van der Waals surface area (Å²) < 4.78 is 34.0. The Balaban J connectivity index is 2.73. The lowest BCUT2D eigenvalue weighted by Crippen LogP contribution is -2.10. The molecular weight excluding hydrogens is 228 g/mol. The van der Waals surface area contributed by atoms with Gasteiger partial charge in [-0.05, 0) is 35.4 Å². The van der Waals surface area contributed by atoms with Crippen LogP contribution < -0.4 is 4.74 Å². The molecule has 0 amide bonds. The van der Waals surface area contributed by atoms with Gasteiger partial charge in [0.25, 0.3) is 0 Å². The smallest absolute Gasteiger partial charge is 0.312 e. The van der Waals surface area contributed by atoms with E-state index in [1.54, 1.807) is 13.0 Å². The van der Waals surface area contributed by atoms with Gasteiger partial charge >= 0.3 is 5.97 Å². The van der Waals surface area contributed by atoms with Crippen LogP contribution in [0.15, 0.2) is 36.3 Å². The molecule has 0 saturated carbocycles. The molecule has 0 radical (unpaired) electrons. The molecule has 0 saturated heterocycles. The van der Waals surface area contributed by atoms with Gasteiger partial charge in [-0.1, -0.05) is 24.2 Å². The molecule has 1 atom stereocenters. The summed E-state index contributed by atoms with van der Waals surface area (Å²) in [5, 5.41) is 0.979. The number of rotatable bonds is 3. The van der Waals surface area contributed by atoms with E-state index in [4.69, 9.17) is 13.6 Å². The second-order valence-corrected chi connectivity index (χ2v) is 3.94. The average molecular weight is 247 g/mol. The predicted molar refractivity (Wildman–Crippen MR) is 70.9 cm³/mol. The first-order valence-corrected chi connectivity index (χ1v) is 5.57. The van der Waals surface area contributed by atoms with Crippen LogP contribution in [-0.4, -0.2) is 20.2 Å². The highest BCUT2D eigenvalue weighted by atomic mass is 16.5. The van der Waals surface area contributed by atoms with Gasteiger partial charge in [0.1, 0.15) is 5.75 Å². The molecule has 0 spiro atoms. The number of hydrogen-bond donors (Lipinski definition) is 0. The zero-order valence-corrected chi connectivity index (χ0v) is 10.5. The molecule has 3 heteroatoms. The molecule has 2 aromatic carbocycles. The third-order valence-electron chi connectivity index (χ3n) is 2.83. The van der Waals surface area contributed by atoms with Crippen LogP contribution in [-0.2, 0) is 9.53 Å². The Bertz CT molecular complexity index is 713. The summed E-state index contributed by atoms with van der Waals surface area (Å²) in [6, 6.07) is 5.02. The van der Waals surface area contributed by atoms with Crippen LogP contribution in [0, 0.1) is 0 Å². The van der Waals surface area contributed by atoms with Gasteiger partial charge in [0, 0.05) is 0 Å². The molecule has 3 nitrogen and oxygen atoms in total. The Kier molecular flexibility index (Phi) is 2.54. The van der Waals surface area contributed by atoms with E-state index in [-0.39, 0.29) is 18.1 Å². The van der Waals surface area contributed by atoms with Gasteiger partial charge in [-0.3, -0.25) is 4.79 Å². The molecule has 2 aromatic rings. The molecule has 0 heterocycles. The molecule has 0 unspecified atom stereocenters. The number of esters is 1.